The molecule has 0 aromatic heterocycles. The first kappa shape index (κ1) is 19.0. The smallest absolute Gasteiger partial charge is 0.439 e. The van der Waals surface area contributed by atoms with E-state index < -0.39 is 23.9 Å². The number of nitrogens with zero attached hydrogens (tertiary/aromatic N) is 2. The molecule has 0 saturated heterocycles. The summed E-state index contributed by atoms with van der Waals surface area (Å²) in [5, 5.41) is 14.4. The van der Waals surface area contributed by atoms with Crippen LogP contribution in [-0.2, 0) is 4.74 Å². The molecule has 0 unspecified atom stereocenters. The summed E-state index contributed by atoms with van der Waals surface area (Å²) in [7, 11) is 0. The van der Waals surface area contributed by atoms with E-state index in [4.69, 9.17) is 0 Å². The Morgan fingerprint density at radius 1 is 1.42 bits per heavy atom. The Hall–Kier alpha value is -1.31. The summed E-state index contributed by atoms with van der Waals surface area (Å²) >= 11 is 0. The minimum Gasteiger partial charge on any atom is -0.448 e. The molecule has 0 radical (unpaired) electrons. The number of ether oxygens (including phenoxy) is 1. The number of amides is 1. The molecular weight excluding hydrogens is 325 g/mol. The van der Waals surface area contributed by atoms with E-state index in [0.717, 1.165) is 6.42 Å². The molecule has 1 saturated carbocycles. The summed E-state index contributed by atoms with van der Waals surface area (Å²) in [5.74, 6) is -1.23. The summed E-state index contributed by atoms with van der Waals surface area (Å²) in [4.78, 5) is 11.9. The van der Waals surface area contributed by atoms with Crippen molar-refractivity contribution in [1.29, 1.82) is 0 Å². The molecule has 2 rings (SSSR count). The standard InChI is InChI=1S/C16H25F3N2O3/c1-5-14(3,4)10-7-8-12-11(9-10)15(23,16(17,18)19)21(20-12)13(22)24-6-2/h10-11,23H,5-9H2,1-4H3/t10-,11+,15-/m0/s1. The van der Waals surface area contributed by atoms with Crippen LogP contribution in [-0.4, -0.2) is 40.4 Å². The fraction of sp³-hybridized carbons (Fsp3) is 0.875. The largest absolute Gasteiger partial charge is 0.448 e. The Bertz CT molecular complexity index is 533. The summed E-state index contributed by atoms with van der Waals surface area (Å²) in [6.07, 6.45) is -4.29. The average molecular weight is 350 g/mol. The number of carbonyl (C=O) groups excluding carboxylic acids is 1. The van der Waals surface area contributed by atoms with Crippen LogP contribution in [0.3, 0.4) is 0 Å². The second kappa shape index (κ2) is 6.20. The van der Waals surface area contributed by atoms with Crippen molar-refractivity contribution >= 4 is 11.8 Å². The maximum Gasteiger partial charge on any atom is 0.439 e. The number of hydrogen-bond donors (Lipinski definition) is 1. The molecule has 0 aromatic carbocycles. The molecule has 8 heteroatoms. The third-order valence-corrected chi connectivity index (χ3v) is 5.58. The van der Waals surface area contributed by atoms with E-state index >= 15 is 0 Å². The van der Waals surface area contributed by atoms with E-state index in [1.807, 2.05) is 20.8 Å². The van der Waals surface area contributed by atoms with Crippen molar-refractivity contribution in [3.63, 3.8) is 0 Å². The molecule has 5 nitrogen and oxygen atoms in total. The summed E-state index contributed by atoms with van der Waals surface area (Å²) in [6.45, 7) is 7.43. The number of alkyl halides is 3. The first-order valence-electron chi connectivity index (χ1n) is 8.32. The van der Waals surface area contributed by atoms with Gasteiger partial charge in [-0.25, -0.2) is 4.79 Å². The van der Waals surface area contributed by atoms with E-state index in [2.05, 4.69) is 9.84 Å². The van der Waals surface area contributed by atoms with Crippen molar-refractivity contribution in [2.24, 2.45) is 22.4 Å². The number of rotatable bonds is 3. The molecule has 2 aliphatic rings. The van der Waals surface area contributed by atoms with Crippen LogP contribution >= 0.6 is 0 Å². The predicted octanol–water partition coefficient (Wildman–Crippen LogP) is 3.92. The van der Waals surface area contributed by atoms with Gasteiger partial charge in [0.2, 0.25) is 0 Å². The van der Waals surface area contributed by atoms with Gasteiger partial charge < -0.3 is 9.84 Å². The van der Waals surface area contributed by atoms with Crippen molar-refractivity contribution in [3.8, 4) is 0 Å². The lowest BCUT2D eigenvalue weighted by Crippen LogP contribution is -2.62. The topological polar surface area (TPSA) is 62.1 Å². The first-order chi connectivity index (χ1) is 11.0. The maximum atomic E-state index is 13.7. The molecule has 1 aliphatic carbocycles. The number of aliphatic hydroxyl groups is 1. The van der Waals surface area contributed by atoms with Crippen LogP contribution < -0.4 is 0 Å². The second-order valence-corrected chi connectivity index (χ2v) is 7.19. The SMILES string of the molecule is CCOC(=O)N1N=C2CC[C@H](C(C)(C)CC)C[C@H]2[C@]1(O)C(F)(F)F. The van der Waals surface area contributed by atoms with Gasteiger partial charge >= 0.3 is 12.3 Å². The van der Waals surface area contributed by atoms with Crippen molar-refractivity contribution in [2.45, 2.75) is 65.3 Å². The Balaban J connectivity index is 2.38. The van der Waals surface area contributed by atoms with Crippen LogP contribution in [0, 0.1) is 17.3 Å². The summed E-state index contributed by atoms with van der Waals surface area (Å²) < 4.78 is 45.8. The van der Waals surface area contributed by atoms with Crippen LogP contribution in [0.25, 0.3) is 0 Å². The third-order valence-electron chi connectivity index (χ3n) is 5.58. The van der Waals surface area contributed by atoms with Crippen LogP contribution in [0.1, 0.15) is 53.4 Å². The molecule has 1 fully saturated rings. The van der Waals surface area contributed by atoms with Crippen molar-refractivity contribution in [1.82, 2.24) is 5.01 Å². The lowest BCUT2D eigenvalue weighted by atomic mass is 9.64. The van der Waals surface area contributed by atoms with Crippen LogP contribution in [0.4, 0.5) is 18.0 Å². The molecule has 0 bridgehead atoms. The molecule has 138 valence electrons. The number of hydrogen-bond acceptors (Lipinski definition) is 4. The number of hydrazone groups is 1. The minimum atomic E-state index is -5.02. The summed E-state index contributed by atoms with van der Waals surface area (Å²) in [6, 6.07) is 0. The molecule has 1 N–H and O–H groups in total. The normalized spacial score (nSPS) is 30.8. The first-order valence-corrected chi connectivity index (χ1v) is 8.32. The quantitative estimate of drug-likeness (QED) is 0.839. The zero-order chi connectivity index (χ0) is 18.3. The Kier molecular flexibility index (Phi) is 4.92. The summed E-state index contributed by atoms with van der Waals surface area (Å²) in [5.41, 5.74) is -3.25. The second-order valence-electron chi connectivity index (χ2n) is 7.19. The monoisotopic (exact) mass is 350 g/mol. The molecule has 3 atom stereocenters. The van der Waals surface area contributed by atoms with Crippen LogP contribution in [0.5, 0.6) is 0 Å². The lowest BCUT2D eigenvalue weighted by Gasteiger charge is -2.43. The van der Waals surface area contributed by atoms with Gasteiger partial charge in [-0.1, -0.05) is 27.2 Å². The van der Waals surface area contributed by atoms with E-state index in [1.54, 1.807) is 0 Å². The molecule has 24 heavy (non-hydrogen) atoms. The molecule has 0 aromatic rings. The van der Waals surface area contributed by atoms with E-state index in [-0.39, 0.29) is 35.1 Å². The van der Waals surface area contributed by atoms with Gasteiger partial charge in [0.15, 0.2) is 0 Å². The number of halogens is 3. The highest BCUT2D eigenvalue weighted by molar-refractivity contribution is 5.92. The molecule has 1 aliphatic heterocycles. The Morgan fingerprint density at radius 3 is 2.54 bits per heavy atom. The van der Waals surface area contributed by atoms with Gasteiger partial charge in [-0.05, 0) is 37.5 Å². The van der Waals surface area contributed by atoms with Gasteiger partial charge in [-0.3, -0.25) is 0 Å². The number of carbonyl (C=O) groups is 1. The number of fused-ring (bicyclic) bond motifs is 1. The minimum absolute atomic E-state index is 0.0162. The van der Waals surface area contributed by atoms with Gasteiger partial charge in [0.25, 0.3) is 5.72 Å². The van der Waals surface area contributed by atoms with E-state index in [1.165, 1.54) is 6.92 Å². The fourth-order valence-corrected chi connectivity index (χ4v) is 3.58. The van der Waals surface area contributed by atoms with Gasteiger partial charge in [-0.2, -0.15) is 23.3 Å². The highest BCUT2D eigenvalue weighted by Crippen LogP contribution is 2.52. The zero-order valence-electron chi connectivity index (χ0n) is 14.5. The highest BCUT2D eigenvalue weighted by atomic mass is 19.4. The average Bonchev–Trinajstić information content (AvgIpc) is 2.81. The van der Waals surface area contributed by atoms with Gasteiger partial charge in [0.05, 0.1) is 12.5 Å². The van der Waals surface area contributed by atoms with Crippen molar-refractivity contribution in [3.05, 3.63) is 0 Å². The van der Waals surface area contributed by atoms with Gasteiger partial charge in [0, 0.05) is 5.71 Å². The van der Waals surface area contributed by atoms with Crippen LogP contribution in [0.2, 0.25) is 0 Å². The van der Waals surface area contributed by atoms with Crippen molar-refractivity contribution in [2.75, 3.05) is 6.61 Å². The zero-order valence-corrected chi connectivity index (χ0v) is 14.5. The molecule has 0 spiro atoms. The Morgan fingerprint density at radius 2 is 2.04 bits per heavy atom. The highest BCUT2D eigenvalue weighted by Gasteiger charge is 2.69. The van der Waals surface area contributed by atoms with E-state index in [9.17, 15) is 23.1 Å². The molecular formula is C16H25F3N2O3. The third kappa shape index (κ3) is 2.89. The lowest BCUT2D eigenvalue weighted by molar-refractivity contribution is -0.316. The van der Waals surface area contributed by atoms with Gasteiger partial charge in [0.1, 0.15) is 0 Å². The predicted molar refractivity (Wildman–Crippen MR) is 82.2 cm³/mol. The molecule has 1 heterocycles. The maximum absolute atomic E-state index is 13.7. The fourth-order valence-electron chi connectivity index (χ4n) is 3.58. The van der Waals surface area contributed by atoms with Crippen LogP contribution in [0.15, 0.2) is 5.10 Å². The molecule has 1 amide bonds. The Labute approximate surface area is 139 Å². The van der Waals surface area contributed by atoms with Gasteiger partial charge in [-0.15, -0.1) is 0 Å². The van der Waals surface area contributed by atoms with E-state index in [0.29, 0.717) is 12.8 Å². The van der Waals surface area contributed by atoms with Crippen molar-refractivity contribution < 1.29 is 27.8 Å².